The van der Waals surface area contributed by atoms with Crippen molar-refractivity contribution in [1.29, 1.82) is 0 Å². The lowest BCUT2D eigenvalue weighted by Gasteiger charge is -2.32. The molecule has 1 N–H and O–H groups in total. The van der Waals surface area contributed by atoms with Crippen LogP contribution in [0.4, 0.5) is 5.69 Å². The van der Waals surface area contributed by atoms with Crippen LogP contribution < -0.4 is 9.62 Å². The van der Waals surface area contributed by atoms with Crippen LogP contribution in [0.2, 0.25) is 10.0 Å². The Hall–Kier alpha value is -1.81. The monoisotopic (exact) mass is 577 g/mol. The molecule has 2 amide bonds. The fraction of sp³-hybridized carbons (Fsp3) is 0.364. The Labute approximate surface area is 213 Å². The van der Waals surface area contributed by atoms with Crippen molar-refractivity contribution in [3.8, 4) is 0 Å². The van der Waals surface area contributed by atoms with Gasteiger partial charge in [0.2, 0.25) is 21.8 Å². The molecule has 2 rings (SSSR count). The summed E-state index contributed by atoms with van der Waals surface area (Å²) in [6.45, 7) is 4.79. The first-order chi connectivity index (χ1) is 15.3. The Morgan fingerprint density at radius 3 is 2.27 bits per heavy atom. The number of rotatable bonds is 9. The molecule has 7 nitrogen and oxygen atoms in total. The first kappa shape index (κ1) is 27.4. The molecule has 180 valence electrons. The average Bonchev–Trinajstić information content (AvgIpc) is 2.70. The normalized spacial score (nSPS) is 12.4. The number of halogens is 3. The zero-order chi connectivity index (χ0) is 24.9. The van der Waals surface area contributed by atoms with E-state index in [0.717, 1.165) is 10.6 Å². The summed E-state index contributed by atoms with van der Waals surface area (Å²) in [7, 11) is -3.79. The highest BCUT2D eigenvalue weighted by molar-refractivity contribution is 9.10. The van der Waals surface area contributed by atoms with Crippen molar-refractivity contribution in [1.82, 2.24) is 10.2 Å². The van der Waals surface area contributed by atoms with E-state index in [2.05, 4.69) is 21.2 Å². The van der Waals surface area contributed by atoms with E-state index < -0.39 is 28.5 Å². The first-order valence-corrected chi connectivity index (χ1v) is 13.5. The molecule has 0 saturated heterocycles. The second kappa shape index (κ2) is 11.6. The molecule has 0 saturated carbocycles. The van der Waals surface area contributed by atoms with Gasteiger partial charge in [0, 0.05) is 17.1 Å². The number of benzene rings is 2. The summed E-state index contributed by atoms with van der Waals surface area (Å²) in [5.41, 5.74) is 0.976. The van der Waals surface area contributed by atoms with Crippen LogP contribution in [-0.2, 0) is 26.2 Å². The fourth-order valence-corrected chi connectivity index (χ4v) is 4.62. The van der Waals surface area contributed by atoms with Crippen LogP contribution >= 0.6 is 39.1 Å². The second-order valence-electron chi connectivity index (χ2n) is 7.86. The van der Waals surface area contributed by atoms with E-state index in [1.54, 1.807) is 49.4 Å². The highest BCUT2D eigenvalue weighted by Gasteiger charge is 2.30. The molecule has 0 radical (unpaired) electrons. The quantitative estimate of drug-likeness (QED) is 0.476. The molecule has 0 aliphatic carbocycles. The zero-order valence-electron chi connectivity index (χ0n) is 18.7. The van der Waals surface area contributed by atoms with Gasteiger partial charge in [-0.25, -0.2) is 8.42 Å². The molecular formula is C22H26BrCl2N3O4S. The maximum Gasteiger partial charge on any atom is 0.244 e. The number of nitrogens with zero attached hydrogens (tertiary/aromatic N) is 2. The van der Waals surface area contributed by atoms with Crippen molar-refractivity contribution in [2.75, 3.05) is 17.1 Å². The molecule has 0 spiro atoms. The molecule has 0 aliphatic heterocycles. The maximum absolute atomic E-state index is 13.4. The number of hydrogen-bond acceptors (Lipinski definition) is 4. The van der Waals surface area contributed by atoms with E-state index in [1.807, 2.05) is 13.8 Å². The smallest absolute Gasteiger partial charge is 0.244 e. The number of nitrogens with one attached hydrogen (secondary N) is 1. The highest BCUT2D eigenvalue weighted by Crippen LogP contribution is 2.25. The molecule has 0 unspecified atom stereocenters. The summed E-state index contributed by atoms with van der Waals surface area (Å²) < 4.78 is 26.7. The van der Waals surface area contributed by atoms with Gasteiger partial charge in [0.15, 0.2) is 0 Å². The van der Waals surface area contributed by atoms with Crippen molar-refractivity contribution < 1.29 is 18.0 Å². The Bertz CT molecular complexity index is 1130. The van der Waals surface area contributed by atoms with Gasteiger partial charge in [0.05, 0.1) is 22.0 Å². The Balaban J connectivity index is 2.41. The minimum absolute atomic E-state index is 0.0402. The minimum atomic E-state index is -3.79. The third-order valence-electron chi connectivity index (χ3n) is 4.71. The van der Waals surface area contributed by atoms with Crippen molar-refractivity contribution in [3.63, 3.8) is 0 Å². The van der Waals surface area contributed by atoms with Crippen LogP contribution in [0.1, 0.15) is 26.3 Å². The van der Waals surface area contributed by atoms with Gasteiger partial charge in [0.1, 0.15) is 12.6 Å². The lowest BCUT2D eigenvalue weighted by Crippen LogP contribution is -2.52. The van der Waals surface area contributed by atoms with Gasteiger partial charge >= 0.3 is 0 Å². The van der Waals surface area contributed by atoms with Crippen molar-refractivity contribution >= 4 is 66.7 Å². The van der Waals surface area contributed by atoms with Gasteiger partial charge in [0.25, 0.3) is 0 Å². The van der Waals surface area contributed by atoms with Gasteiger partial charge in [-0.05, 0) is 56.7 Å². The van der Waals surface area contributed by atoms with Crippen molar-refractivity contribution in [2.45, 2.75) is 39.4 Å². The number of sulfonamides is 1. The van der Waals surface area contributed by atoms with Crippen LogP contribution in [0.3, 0.4) is 0 Å². The molecule has 11 heteroatoms. The molecule has 1 atom stereocenters. The number of carbonyl (C=O) groups is 2. The van der Waals surface area contributed by atoms with Crippen LogP contribution in [-0.4, -0.2) is 50.0 Å². The van der Waals surface area contributed by atoms with Gasteiger partial charge in [-0.2, -0.15) is 0 Å². The largest absolute Gasteiger partial charge is 0.352 e. The lowest BCUT2D eigenvalue weighted by atomic mass is 10.1. The van der Waals surface area contributed by atoms with Gasteiger partial charge in [-0.15, -0.1) is 0 Å². The zero-order valence-corrected chi connectivity index (χ0v) is 22.6. The van der Waals surface area contributed by atoms with E-state index in [0.29, 0.717) is 25.8 Å². The van der Waals surface area contributed by atoms with E-state index in [9.17, 15) is 18.0 Å². The number of hydrogen-bond donors (Lipinski definition) is 1. The summed E-state index contributed by atoms with van der Waals surface area (Å²) in [5, 5.41) is 3.46. The molecule has 0 heterocycles. The topological polar surface area (TPSA) is 86.8 Å². The second-order valence-corrected chi connectivity index (χ2v) is 11.5. The summed E-state index contributed by atoms with van der Waals surface area (Å²) in [6, 6.07) is 10.5. The van der Waals surface area contributed by atoms with Gasteiger partial charge < -0.3 is 10.2 Å². The fourth-order valence-electron chi connectivity index (χ4n) is 3.07. The summed E-state index contributed by atoms with van der Waals surface area (Å²) in [5.74, 6) is -0.898. The van der Waals surface area contributed by atoms with Gasteiger partial charge in [-0.3, -0.25) is 13.9 Å². The SMILES string of the molecule is CC(C)NC(=O)[C@H](C)N(Cc1ccc(Cl)c(Cl)c1)C(=O)CN(c1cccc(Br)c1)S(C)(=O)=O. The number of carbonyl (C=O) groups excluding carboxylic acids is 2. The Morgan fingerprint density at radius 2 is 1.73 bits per heavy atom. The van der Waals surface area contributed by atoms with E-state index in [4.69, 9.17) is 23.2 Å². The molecule has 0 fully saturated rings. The summed E-state index contributed by atoms with van der Waals surface area (Å²) in [6.07, 6.45) is 1.03. The molecule has 2 aromatic rings. The van der Waals surface area contributed by atoms with Crippen molar-refractivity contribution in [3.05, 3.63) is 62.5 Å². The summed E-state index contributed by atoms with van der Waals surface area (Å²) in [4.78, 5) is 27.5. The third kappa shape index (κ3) is 7.88. The molecule has 33 heavy (non-hydrogen) atoms. The van der Waals surface area contributed by atoms with Crippen LogP contribution in [0, 0.1) is 0 Å². The molecule has 0 aliphatic rings. The van der Waals surface area contributed by atoms with Crippen LogP contribution in [0.15, 0.2) is 46.9 Å². The van der Waals surface area contributed by atoms with Crippen molar-refractivity contribution in [2.24, 2.45) is 0 Å². The molecule has 0 aromatic heterocycles. The van der Waals surface area contributed by atoms with E-state index >= 15 is 0 Å². The van der Waals surface area contributed by atoms with Gasteiger partial charge in [-0.1, -0.05) is 51.3 Å². The van der Waals surface area contributed by atoms with E-state index in [-0.39, 0.29) is 18.5 Å². The predicted molar refractivity (Wildman–Crippen MR) is 136 cm³/mol. The number of anilines is 1. The van der Waals surface area contributed by atoms with Crippen LogP contribution in [0.5, 0.6) is 0 Å². The minimum Gasteiger partial charge on any atom is -0.352 e. The standard InChI is InChI=1S/C22H26BrCl2N3O4S/c1-14(2)26-22(30)15(3)27(12-16-8-9-19(24)20(25)10-16)21(29)13-28(33(4,31)32)18-7-5-6-17(23)11-18/h5-11,14-15H,12-13H2,1-4H3,(H,26,30)/t15-/m0/s1. The predicted octanol–water partition coefficient (Wildman–Crippen LogP) is 4.46. The van der Waals surface area contributed by atoms with E-state index in [1.165, 1.54) is 4.90 Å². The highest BCUT2D eigenvalue weighted by atomic mass is 79.9. The average molecular weight is 579 g/mol. The van der Waals surface area contributed by atoms with Crippen LogP contribution in [0.25, 0.3) is 0 Å². The molecular weight excluding hydrogens is 553 g/mol. The summed E-state index contributed by atoms with van der Waals surface area (Å²) >= 11 is 15.4. The molecule has 0 bridgehead atoms. The Morgan fingerprint density at radius 1 is 1.06 bits per heavy atom. The number of amides is 2. The Kier molecular flexibility index (Phi) is 9.60. The first-order valence-electron chi connectivity index (χ1n) is 10.1. The third-order valence-corrected chi connectivity index (χ3v) is 7.08. The molecule has 2 aromatic carbocycles. The lowest BCUT2D eigenvalue weighted by molar-refractivity contribution is -0.139. The maximum atomic E-state index is 13.4.